The minimum absolute atomic E-state index is 0. The van der Waals surface area contributed by atoms with E-state index in [4.69, 9.17) is 9.73 Å². The van der Waals surface area contributed by atoms with Gasteiger partial charge >= 0.3 is 0 Å². The molecule has 1 unspecified atom stereocenters. The Labute approximate surface area is 185 Å². The Balaban J connectivity index is 0.00000225. The van der Waals surface area contributed by atoms with Gasteiger partial charge in [0.15, 0.2) is 11.8 Å². The number of nitrogens with one attached hydrogen (secondary N) is 1. The van der Waals surface area contributed by atoms with Gasteiger partial charge in [0.05, 0.1) is 13.2 Å². The lowest BCUT2D eigenvalue weighted by Gasteiger charge is -2.32. The molecule has 2 aliphatic heterocycles. The molecular formula is C19H34IN7O. The van der Waals surface area contributed by atoms with Crippen LogP contribution < -0.4 is 5.32 Å². The van der Waals surface area contributed by atoms with Crippen LogP contribution in [-0.2, 0) is 18.3 Å². The first-order valence-electron chi connectivity index (χ1n) is 10.4. The van der Waals surface area contributed by atoms with Crippen molar-refractivity contribution in [2.75, 3.05) is 39.4 Å². The number of nitrogens with zero attached hydrogens (tertiary/aromatic N) is 6. The molecule has 3 fully saturated rings. The van der Waals surface area contributed by atoms with Crippen molar-refractivity contribution >= 4 is 29.9 Å². The summed E-state index contributed by atoms with van der Waals surface area (Å²) in [5, 5.41) is 12.2. The molecule has 9 heteroatoms. The summed E-state index contributed by atoms with van der Waals surface area (Å²) in [4.78, 5) is 9.99. The zero-order chi connectivity index (χ0) is 18.6. The van der Waals surface area contributed by atoms with Crippen LogP contribution in [0.5, 0.6) is 0 Å². The number of halogens is 1. The Kier molecular flexibility index (Phi) is 7.93. The van der Waals surface area contributed by atoms with E-state index in [0.29, 0.717) is 18.6 Å². The average molecular weight is 503 g/mol. The molecule has 2 saturated heterocycles. The third-order valence-electron chi connectivity index (χ3n) is 6.27. The molecule has 0 amide bonds. The number of ether oxygens (including phenoxy) is 1. The second kappa shape index (κ2) is 10.2. The van der Waals surface area contributed by atoms with E-state index in [0.717, 1.165) is 57.0 Å². The molecule has 1 aromatic heterocycles. The van der Waals surface area contributed by atoms with Gasteiger partial charge in [0.2, 0.25) is 0 Å². The third kappa shape index (κ3) is 5.15. The number of guanidine groups is 1. The molecule has 3 aliphatic rings. The molecule has 1 aliphatic carbocycles. The largest absolute Gasteiger partial charge is 0.379 e. The van der Waals surface area contributed by atoms with Crippen molar-refractivity contribution < 1.29 is 4.74 Å². The zero-order valence-corrected chi connectivity index (χ0v) is 19.5. The van der Waals surface area contributed by atoms with Crippen LogP contribution in [0.4, 0.5) is 0 Å². The highest BCUT2D eigenvalue weighted by Gasteiger charge is 2.31. The van der Waals surface area contributed by atoms with E-state index in [2.05, 4.69) is 25.3 Å². The SMILES string of the molecule is Cc1nnc(CN=C(NC2CCCC2)N2CCC(N3CCOCC3)C2)n1C.I. The maximum Gasteiger partial charge on any atom is 0.194 e. The lowest BCUT2D eigenvalue weighted by atomic mass is 10.2. The van der Waals surface area contributed by atoms with E-state index >= 15 is 0 Å². The smallest absolute Gasteiger partial charge is 0.194 e. The first-order valence-corrected chi connectivity index (χ1v) is 10.4. The first-order chi connectivity index (χ1) is 13.2. The number of hydrogen-bond acceptors (Lipinski definition) is 5. The number of aromatic nitrogens is 3. The van der Waals surface area contributed by atoms with E-state index in [1.165, 1.54) is 32.1 Å². The summed E-state index contributed by atoms with van der Waals surface area (Å²) in [6, 6.07) is 1.17. The van der Waals surface area contributed by atoms with Crippen LogP contribution in [0.15, 0.2) is 4.99 Å². The van der Waals surface area contributed by atoms with E-state index < -0.39 is 0 Å². The molecule has 4 rings (SSSR count). The number of likely N-dealkylation sites (tertiary alicyclic amines) is 1. The van der Waals surface area contributed by atoms with E-state index in [-0.39, 0.29) is 24.0 Å². The molecule has 28 heavy (non-hydrogen) atoms. The highest BCUT2D eigenvalue weighted by atomic mass is 127. The van der Waals surface area contributed by atoms with Gasteiger partial charge in [-0.3, -0.25) is 4.90 Å². The molecule has 0 spiro atoms. The van der Waals surface area contributed by atoms with Crippen LogP contribution in [0.3, 0.4) is 0 Å². The molecule has 0 radical (unpaired) electrons. The van der Waals surface area contributed by atoms with Gasteiger partial charge in [-0.05, 0) is 26.2 Å². The maximum absolute atomic E-state index is 5.52. The van der Waals surface area contributed by atoms with Crippen LogP contribution in [0, 0.1) is 6.92 Å². The number of hydrogen-bond donors (Lipinski definition) is 1. The lowest BCUT2D eigenvalue weighted by Crippen LogP contribution is -2.48. The van der Waals surface area contributed by atoms with Gasteiger partial charge in [-0.25, -0.2) is 4.99 Å². The second-order valence-electron chi connectivity index (χ2n) is 8.02. The van der Waals surface area contributed by atoms with Crippen molar-refractivity contribution in [2.45, 2.75) is 57.7 Å². The van der Waals surface area contributed by atoms with E-state index in [1.807, 2.05) is 18.5 Å². The van der Waals surface area contributed by atoms with Gasteiger partial charge in [-0.15, -0.1) is 34.2 Å². The van der Waals surface area contributed by atoms with Crippen molar-refractivity contribution in [3.05, 3.63) is 11.6 Å². The van der Waals surface area contributed by atoms with E-state index in [9.17, 15) is 0 Å². The fourth-order valence-electron chi connectivity index (χ4n) is 4.40. The van der Waals surface area contributed by atoms with Crippen molar-refractivity contribution in [1.29, 1.82) is 0 Å². The van der Waals surface area contributed by atoms with Gasteiger partial charge in [0, 0.05) is 45.3 Å². The number of aryl methyl sites for hydroxylation is 1. The van der Waals surface area contributed by atoms with Gasteiger partial charge < -0.3 is 19.5 Å². The average Bonchev–Trinajstić information content (AvgIpc) is 3.44. The molecule has 0 bridgehead atoms. The molecular weight excluding hydrogens is 469 g/mol. The predicted molar refractivity (Wildman–Crippen MR) is 120 cm³/mol. The number of morpholine rings is 1. The first kappa shape index (κ1) is 21.8. The Bertz CT molecular complexity index is 653. The van der Waals surface area contributed by atoms with Gasteiger partial charge in [-0.2, -0.15) is 0 Å². The summed E-state index contributed by atoms with van der Waals surface area (Å²) in [7, 11) is 2.01. The lowest BCUT2D eigenvalue weighted by molar-refractivity contribution is 0.0194. The topological polar surface area (TPSA) is 70.8 Å². The minimum atomic E-state index is 0. The van der Waals surface area contributed by atoms with Crippen LogP contribution in [0.25, 0.3) is 0 Å². The van der Waals surface area contributed by atoms with Crippen molar-refractivity contribution in [2.24, 2.45) is 12.0 Å². The summed E-state index contributed by atoms with van der Waals surface area (Å²) in [6.07, 6.45) is 6.35. The highest BCUT2D eigenvalue weighted by molar-refractivity contribution is 14.0. The fraction of sp³-hybridized carbons (Fsp3) is 0.842. The van der Waals surface area contributed by atoms with Crippen molar-refractivity contribution in [3.8, 4) is 0 Å². The van der Waals surface area contributed by atoms with Crippen LogP contribution in [-0.4, -0.2) is 82.0 Å². The maximum atomic E-state index is 5.52. The third-order valence-corrected chi connectivity index (χ3v) is 6.27. The van der Waals surface area contributed by atoms with Crippen molar-refractivity contribution in [1.82, 2.24) is 29.9 Å². The molecule has 8 nitrogen and oxygen atoms in total. The molecule has 0 aromatic carbocycles. The number of rotatable bonds is 4. The summed E-state index contributed by atoms with van der Waals surface area (Å²) in [6.45, 7) is 8.51. The molecule has 1 saturated carbocycles. The molecule has 158 valence electrons. The zero-order valence-electron chi connectivity index (χ0n) is 17.1. The van der Waals surface area contributed by atoms with Gasteiger partial charge in [0.1, 0.15) is 12.4 Å². The summed E-state index contributed by atoms with van der Waals surface area (Å²) >= 11 is 0. The highest BCUT2D eigenvalue weighted by Crippen LogP contribution is 2.21. The minimum Gasteiger partial charge on any atom is -0.379 e. The normalized spacial score (nSPS) is 24.6. The van der Waals surface area contributed by atoms with Crippen molar-refractivity contribution in [3.63, 3.8) is 0 Å². The molecule has 1 atom stereocenters. The van der Waals surface area contributed by atoms with Gasteiger partial charge in [-0.1, -0.05) is 12.8 Å². The monoisotopic (exact) mass is 503 g/mol. The van der Waals surface area contributed by atoms with Gasteiger partial charge in [0.25, 0.3) is 0 Å². The van der Waals surface area contributed by atoms with Crippen LogP contribution in [0.2, 0.25) is 0 Å². The molecule has 1 aromatic rings. The Morgan fingerprint density at radius 3 is 2.57 bits per heavy atom. The summed E-state index contributed by atoms with van der Waals surface area (Å²) in [5.41, 5.74) is 0. The molecule has 3 heterocycles. The number of aliphatic imine (C=N–C) groups is 1. The summed E-state index contributed by atoms with van der Waals surface area (Å²) < 4.78 is 7.54. The van der Waals surface area contributed by atoms with E-state index in [1.54, 1.807) is 0 Å². The Hall–Kier alpha value is -0.940. The quantitative estimate of drug-likeness (QED) is 0.382. The molecule has 1 N–H and O–H groups in total. The van der Waals surface area contributed by atoms with Crippen LogP contribution in [0.1, 0.15) is 43.8 Å². The Morgan fingerprint density at radius 2 is 1.89 bits per heavy atom. The predicted octanol–water partition coefficient (Wildman–Crippen LogP) is 1.54. The fourth-order valence-corrected chi connectivity index (χ4v) is 4.40. The standard InChI is InChI=1S/C19H33N7O.HI/c1-15-22-23-18(24(15)2)13-20-19(21-16-5-3-4-6-16)26-8-7-17(14-26)25-9-11-27-12-10-25;/h16-17H,3-14H2,1-2H3,(H,20,21);1H. The second-order valence-corrected chi connectivity index (χ2v) is 8.02. The van der Waals surface area contributed by atoms with Crippen LogP contribution >= 0.6 is 24.0 Å². The Morgan fingerprint density at radius 1 is 1.14 bits per heavy atom. The summed E-state index contributed by atoms with van der Waals surface area (Å²) in [5.74, 6) is 2.90.